The summed E-state index contributed by atoms with van der Waals surface area (Å²) in [6.07, 6.45) is 0. The van der Waals surface area contributed by atoms with E-state index in [9.17, 15) is 0 Å². The Kier molecular flexibility index (Phi) is 3.06. The molecule has 0 N–H and O–H groups in total. The van der Waals surface area contributed by atoms with Crippen LogP contribution in [0.25, 0.3) is 11.1 Å². The number of rotatable bonds is 1. The molecular weight excluding hydrogens is 295 g/mol. The molecule has 0 radical (unpaired) electrons. The predicted octanol–water partition coefficient (Wildman–Crippen LogP) is 5.09. The van der Waals surface area contributed by atoms with Gasteiger partial charge in [-0.3, -0.25) is 0 Å². The van der Waals surface area contributed by atoms with E-state index in [0.717, 1.165) is 3.63 Å². The van der Waals surface area contributed by atoms with E-state index in [2.05, 4.69) is 59.5 Å². The van der Waals surface area contributed by atoms with Gasteiger partial charge in [0.1, 0.15) is 0 Å². The fourth-order valence-corrected chi connectivity index (χ4v) is 7.35. The Bertz CT molecular complexity index is 560. The van der Waals surface area contributed by atoms with Gasteiger partial charge in [0.2, 0.25) is 0 Å². The van der Waals surface area contributed by atoms with Gasteiger partial charge < -0.3 is 0 Å². The van der Waals surface area contributed by atoms with Crippen LogP contribution in [0.1, 0.15) is 25.9 Å². The molecule has 1 aliphatic rings. The Morgan fingerprint density at radius 3 is 1.61 bits per heavy atom. The fraction of sp³-hybridized carbons (Fsp3) is 0.294. The summed E-state index contributed by atoms with van der Waals surface area (Å²) in [6.45, 7) is 4.42. The van der Waals surface area contributed by atoms with Gasteiger partial charge in [-0.1, -0.05) is 0 Å². The van der Waals surface area contributed by atoms with Crippen molar-refractivity contribution in [2.24, 2.45) is 0 Å². The molecule has 0 fully saturated rings. The molecule has 0 saturated heterocycles. The van der Waals surface area contributed by atoms with Gasteiger partial charge in [0, 0.05) is 0 Å². The third-order valence-electron chi connectivity index (χ3n) is 3.90. The van der Waals surface area contributed by atoms with Crippen LogP contribution in [0.15, 0.2) is 36.4 Å². The molecule has 18 heavy (non-hydrogen) atoms. The van der Waals surface area contributed by atoms with Crippen molar-refractivity contribution >= 4 is 0 Å². The zero-order valence-electron chi connectivity index (χ0n) is 11.5. The molecule has 0 amide bonds. The van der Waals surface area contributed by atoms with Gasteiger partial charge in [0.15, 0.2) is 0 Å². The summed E-state index contributed by atoms with van der Waals surface area (Å²) >= 11 is -1.31. The molecule has 0 heterocycles. The second-order valence-corrected chi connectivity index (χ2v) is 12.4. The first-order valence-corrected chi connectivity index (χ1v) is 12.9. The molecule has 1 aliphatic carbocycles. The van der Waals surface area contributed by atoms with Crippen molar-refractivity contribution in [3.63, 3.8) is 0 Å². The average Bonchev–Trinajstić information content (AvgIpc) is 2.60. The average molecular weight is 315 g/mol. The second-order valence-electron chi connectivity index (χ2n) is 5.69. The van der Waals surface area contributed by atoms with E-state index in [1.165, 1.54) is 22.3 Å². The molecule has 91 valence electrons. The van der Waals surface area contributed by atoms with Crippen LogP contribution in [0.2, 0.25) is 9.26 Å². The molecule has 0 aromatic heterocycles. The van der Waals surface area contributed by atoms with Gasteiger partial charge in [0.05, 0.1) is 0 Å². The zero-order valence-corrected chi connectivity index (χ0v) is 14.0. The van der Waals surface area contributed by atoms with Gasteiger partial charge in [-0.2, -0.15) is 0 Å². The van der Waals surface area contributed by atoms with Crippen molar-refractivity contribution in [1.82, 2.24) is 0 Å². The Hall–Kier alpha value is -0.677. The van der Waals surface area contributed by atoms with Crippen LogP contribution >= 0.6 is 0 Å². The molecule has 0 aliphatic heterocycles. The first-order chi connectivity index (χ1) is 8.58. The number of aryl methyl sites for hydroxylation is 2. The number of hydrogen-bond donors (Lipinski definition) is 0. The Labute approximate surface area is 118 Å². The molecule has 0 spiro atoms. The fourth-order valence-electron chi connectivity index (χ4n) is 3.12. The summed E-state index contributed by atoms with van der Waals surface area (Å²) in [4.78, 5) is 0. The standard InChI is InChI=1S/C15H13.2CH3.Zr/c1-10-3-5-14-12(7-10)9-13-8-11(2)4-6-15(13)14;;;/h3-9H,1-2H3;2*1H3;. The maximum absolute atomic E-state index is 2.52. The Balaban J connectivity index is 2.29. The van der Waals surface area contributed by atoms with Crippen molar-refractivity contribution in [1.29, 1.82) is 0 Å². The Morgan fingerprint density at radius 2 is 1.22 bits per heavy atom. The molecule has 0 atom stereocenters. The maximum atomic E-state index is 2.52. The molecule has 0 bridgehead atoms. The monoisotopic (exact) mass is 313 g/mol. The van der Waals surface area contributed by atoms with Crippen molar-refractivity contribution in [3.8, 4) is 11.1 Å². The van der Waals surface area contributed by atoms with Crippen LogP contribution in [-0.2, 0) is 21.8 Å². The first kappa shape index (κ1) is 12.4. The van der Waals surface area contributed by atoms with Gasteiger partial charge >= 0.3 is 118 Å². The Morgan fingerprint density at radius 1 is 0.778 bits per heavy atom. The van der Waals surface area contributed by atoms with Crippen molar-refractivity contribution in [3.05, 3.63) is 58.7 Å². The quantitative estimate of drug-likeness (QED) is 0.688. The number of hydrogen-bond acceptors (Lipinski definition) is 0. The van der Waals surface area contributed by atoms with Gasteiger partial charge in [-0.25, -0.2) is 0 Å². The van der Waals surface area contributed by atoms with Crippen LogP contribution in [0.3, 0.4) is 0 Å². The van der Waals surface area contributed by atoms with Crippen molar-refractivity contribution < 1.29 is 21.8 Å². The number of benzene rings is 2. The van der Waals surface area contributed by atoms with Gasteiger partial charge in [-0.05, 0) is 0 Å². The van der Waals surface area contributed by atoms with Crippen LogP contribution in [0, 0.1) is 13.8 Å². The summed E-state index contributed by atoms with van der Waals surface area (Å²) in [5.74, 6) is 0. The zero-order chi connectivity index (χ0) is 12.9. The summed E-state index contributed by atoms with van der Waals surface area (Å²) in [7, 11) is 0. The van der Waals surface area contributed by atoms with Crippen LogP contribution in [0.5, 0.6) is 0 Å². The summed E-state index contributed by atoms with van der Waals surface area (Å²) < 4.78 is 5.81. The van der Waals surface area contributed by atoms with Gasteiger partial charge in [0.25, 0.3) is 0 Å². The van der Waals surface area contributed by atoms with Crippen LogP contribution in [-0.4, -0.2) is 0 Å². The summed E-state index contributed by atoms with van der Waals surface area (Å²) in [6, 6.07) is 14.0. The normalized spacial score (nSPS) is 13.3. The molecule has 2 aromatic rings. The first-order valence-electron chi connectivity index (χ1n) is 6.59. The van der Waals surface area contributed by atoms with E-state index in [1.54, 1.807) is 11.1 Å². The van der Waals surface area contributed by atoms with Crippen LogP contribution < -0.4 is 0 Å². The topological polar surface area (TPSA) is 0 Å². The second kappa shape index (κ2) is 4.46. The molecule has 1 heteroatoms. The van der Waals surface area contributed by atoms with E-state index in [1.807, 2.05) is 0 Å². The minimum atomic E-state index is -1.31. The molecule has 0 unspecified atom stereocenters. The SMILES string of the molecule is Cc1ccc2c(c1)[CH]([Zr]([CH3])[CH3])c1cc(C)ccc1-2. The van der Waals surface area contributed by atoms with E-state index in [4.69, 9.17) is 0 Å². The number of fused-ring (bicyclic) bond motifs is 3. The summed E-state index contributed by atoms with van der Waals surface area (Å²) in [5, 5.41) is 0. The molecule has 0 saturated carbocycles. The van der Waals surface area contributed by atoms with Gasteiger partial charge in [-0.15, -0.1) is 0 Å². The van der Waals surface area contributed by atoms with E-state index in [0.29, 0.717) is 0 Å². The summed E-state index contributed by atoms with van der Waals surface area (Å²) in [5.41, 5.74) is 8.98. The van der Waals surface area contributed by atoms with E-state index >= 15 is 0 Å². The minimum absolute atomic E-state index is 0.761. The molecule has 2 aromatic carbocycles. The molecule has 3 rings (SSSR count). The van der Waals surface area contributed by atoms with Crippen molar-refractivity contribution in [2.75, 3.05) is 0 Å². The third-order valence-corrected chi connectivity index (χ3v) is 8.27. The predicted molar refractivity (Wildman–Crippen MR) is 74.9 cm³/mol. The molecule has 0 nitrogen and oxygen atoms in total. The van der Waals surface area contributed by atoms with Crippen molar-refractivity contribution in [2.45, 2.75) is 26.7 Å². The van der Waals surface area contributed by atoms with E-state index < -0.39 is 21.8 Å². The molecular formula is C17H19Zr. The van der Waals surface area contributed by atoms with Crippen LogP contribution in [0.4, 0.5) is 0 Å². The van der Waals surface area contributed by atoms with E-state index in [-0.39, 0.29) is 0 Å². The third kappa shape index (κ3) is 1.84.